The Morgan fingerprint density at radius 3 is 2.26 bits per heavy atom. The number of benzene rings is 2. The van der Waals surface area contributed by atoms with Crippen molar-refractivity contribution in [2.24, 2.45) is 4.99 Å². The van der Waals surface area contributed by atoms with Crippen LogP contribution in [0.4, 0.5) is 11.4 Å². The summed E-state index contributed by atoms with van der Waals surface area (Å²) in [4.78, 5) is 6.84. The number of nitrogens with zero attached hydrogens (tertiary/aromatic N) is 2. The van der Waals surface area contributed by atoms with Gasteiger partial charge in [-0.3, -0.25) is 4.99 Å². The zero-order valence-corrected chi connectivity index (χ0v) is 16.7. The lowest BCUT2D eigenvalue weighted by Crippen LogP contribution is -2.36. The van der Waals surface area contributed by atoms with E-state index in [1.54, 1.807) is 0 Å². The van der Waals surface area contributed by atoms with Crippen LogP contribution < -0.4 is 4.90 Å². The summed E-state index contributed by atoms with van der Waals surface area (Å²) < 4.78 is 7.04. The Morgan fingerprint density at radius 1 is 1.04 bits per heavy atom. The van der Waals surface area contributed by atoms with Crippen LogP contribution in [0.5, 0.6) is 5.75 Å². The van der Waals surface area contributed by atoms with E-state index in [4.69, 9.17) is 4.74 Å². The molecule has 0 amide bonds. The molecular weight excluding hydrogens is 518 g/mol. The molecule has 2 aromatic rings. The summed E-state index contributed by atoms with van der Waals surface area (Å²) in [5, 5.41) is 9.80. The monoisotopic (exact) mass is 534 g/mol. The number of aliphatic imine (C=N–C) groups is 1. The SMILES string of the molecule is Oc1c(I)cc(C=Nc2ccc(N3CCOCC3)cc2)cc1I. The predicted molar refractivity (Wildman–Crippen MR) is 110 cm³/mol. The van der Waals surface area contributed by atoms with Gasteiger partial charge in [-0.05, 0) is 87.1 Å². The number of halogens is 2. The second-order valence-corrected chi connectivity index (χ2v) is 7.53. The highest BCUT2D eigenvalue weighted by molar-refractivity contribution is 14.1. The minimum absolute atomic E-state index is 0.332. The molecule has 0 radical (unpaired) electrons. The van der Waals surface area contributed by atoms with Gasteiger partial charge >= 0.3 is 0 Å². The van der Waals surface area contributed by atoms with Gasteiger partial charge in [0.05, 0.1) is 26.0 Å². The Morgan fingerprint density at radius 2 is 1.65 bits per heavy atom. The van der Waals surface area contributed by atoms with E-state index >= 15 is 0 Å². The lowest BCUT2D eigenvalue weighted by atomic mass is 10.2. The van der Waals surface area contributed by atoms with Gasteiger partial charge in [0, 0.05) is 25.0 Å². The molecule has 1 N–H and O–H groups in total. The van der Waals surface area contributed by atoms with Crippen molar-refractivity contribution in [2.45, 2.75) is 0 Å². The molecule has 1 aliphatic heterocycles. The van der Waals surface area contributed by atoms with E-state index in [0.717, 1.165) is 44.7 Å². The van der Waals surface area contributed by atoms with E-state index in [2.05, 4.69) is 67.2 Å². The number of phenols is 1. The van der Waals surface area contributed by atoms with E-state index in [9.17, 15) is 5.11 Å². The highest BCUT2D eigenvalue weighted by Gasteiger charge is 2.10. The molecule has 23 heavy (non-hydrogen) atoms. The first-order valence-electron chi connectivity index (χ1n) is 7.28. The molecule has 1 heterocycles. The average molecular weight is 534 g/mol. The predicted octanol–water partition coefficient (Wildman–Crippen LogP) is 4.19. The van der Waals surface area contributed by atoms with Crippen molar-refractivity contribution in [1.82, 2.24) is 0 Å². The van der Waals surface area contributed by atoms with Crippen LogP contribution in [0.2, 0.25) is 0 Å². The van der Waals surface area contributed by atoms with Crippen LogP contribution in [-0.4, -0.2) is 37.6 Å². The third-order valence-corrected chi connectivity index (χ3v) is 5.27. The number of ether oxygens (including phenoxy) is 1. The first-order valence-corrected chi connectivity index (χ1v) is 9.44. The maximum absolute atomic E-state index is 9.80. The van der Waals surface area contributed by atoms with Gasteiger partial charge in [-0.25, -0.2) is 0 Å². The number of hydrogen-bond acceptors (Lipinski definition) is 4. The van der Waals surface area contributed by atoms with Crippen LogP contribution in [-0.2, 0) is 4.74 Å². The molecule has 0 aromatic heterocycles. The topological polar surface area (TPSA) is 45.1 Å². The fourth-order valence-electron chi connectivity index (χ4n) is 2.38. The van der Waals surface area contributed by atoms with Crippen molar-refractivity contribution in [1.29, 1.82) is 0 Å². The molecular formula is C17H16I2N2O2. The number of aromatic hydroxyl groups is 1. The van der Waals surface area contributed by atoms with E-state index in [0.29, 0.717) is 5.75 Å². The van der Waals surface area contributed by atoms with Gasteiger partial charge < -0.3 is 14.7 Å². The van der Waals surface area contributed by atoms with E-state index in [1.165, 1.54) is 5.69 Å². The molecule has 3 rings (SSSR count). The zero-order valence-electron chi connectivity index (χ0n) is 12.4. The average Bonchev–Trinajstić information content (AvgIpc) is 2.59. The summed E-state index contributed by atoms with van der Waals surface area (Å²) in [6, 6.07) is 12.1. The largest absolute Gasteiger partial charge is 0.506 e. The van der Waals surface area contributed by atoms with Crippen LogP contribution in [0, 0.1) is 7.14 Å². The molecule has 120 valence electrons. The van der Waals surface area contributed by atoms with Crippen molar-refractivity contribution in [3.63, 3.8) is 0 Å². The van der Waals surface area contributed by atoms with Crippen LogP contribution >= 0.6 is 45.2 Å². The molecule has 0 bridgehead atoms. The smallest absolute Gasteiger partial charge is 0.142 e. The number of hydrogen-bond donors (Lipinski definition) is 1. The Kier molecular flexibility index (Phi) is 5.76. The summed E-state index contributed by atoms with van der Waals surface area (Å²) >= 11 is 4.25. The summed E-state index contributed by atoms with van der Waals surface area (Å²) in [6.07, 6.45) is 1.83. The molecule has 6 heteroatoms. The van der Waals surface area contributed by atoms with Crippen LogP contribution in [0.3, 0.4) is 0 Å². The summed E-state index contributed by atoms with van der Waals surface area (Å²) in [5.41, 5.74) is 3.11. The molecule has 0 aliphatic carbocycles. The van der Waals surface area contributed by atoms with Crippen molar-refractivity contribution >= 4 is 62.8 Å². The Balaban J connectivity index is 1.72. The third-order valence-electron chi connectivity index (χ3n) is 3.63. The number of rotatable bonds is 3. The van der Waals surface area contributed by atoms with E-state index in [1.807, 2.05) is 30.5 Å². The van der Waals surface area contributed by atoms with Crippen molar-refractivity contribution in [3.8, 4) is 5.75 Å². The molecule has 1 fully saturated rings. The van der Waals surface area contributed by atoms with Gasteiger partial charge in [-0.2, -0.15) is 0 Å². The van der Waals surface area contributed by atoms with Crippen LogP contribution in [0.25, 0.3) is 0 Å². The minimum atomic E-state index is 0.332. The minimum Gasteiger partial charge on any atom is -0.506 e. The van der Waals surface area contributed by atoms with Gasteiger partial charge in [-0.15, -0.1) is 0 Å². The van der Waals surface area contributed by atoms with Gasteiger partial charge in [0.25, 0.3) is 0 Å². The normalized spacial score (nSPS) is 15.3. The maximum atomic E-state index is 9.80. The Labute approximate surface area is 162 Å². The van der Waals surface area contributed by atoms with Crippen LogP contribution in [0.1, 0.15) is 5.56 Å². The molecule has 4 nitrogen and oxygen atoms in total. The second-order valence-electron chi connectivity index (χ2n) is 5.21. The van der Waals surface area contributed by atoms with Crippen molar-refractivity contribution in [2.75, 3.05) is 31.2 Å². The first kappa shape index (κ1) is 17.0. The molecule has 1 saturated heterocycles. The summed E-state index contributed by atoms with van der Waals surface area (Å²) in [5.74, 6) is 0.332. The van der Waals surface area contributed by atoms with Gasteiger partial charge in [-0.1, -0.05) is 0 Å². The highest BCUT2D eigenvalue weighted by Crippen LogP contribution is 2.27. The van der Waals surface area contributed by atoms with Gasteiger partial charge in [0.1, 0.15) is 5.75 Å². The lowest BCUT2D eigenvalue weighted by Gasteiger charge is -2.28. The molecule has 0 saturated carbocycles. The fourth-order valence-corrected chi connectivity index (χ4v) is 4.20. The lowest BCUT2D eigenvalue weighted by molar-refractivity contribution is 0.122. The standard InChI is InChI=1S/C17H16I2N2O2/c18-15-9-12(10-16(19)17(15)22)11-20-13-1-3-14(4-2-13)21-5-7-23-8-6-21/h1-4,9-11,22H,5-8H2. The van der Waals surface area contributed by atoms with Gasteiger partial charge in [0.15, 0.2) is 0 Å². The Hall–Kier alpha value is -0.870. The first-order chi connectivity index (χ1) is 11.1. The number of phenolic OH excluding ortho intramolecular Hbond substituents is 1. The third kappa shape index (κ3) is 4.36. The van der Waals surface area contributed by atoms with Crippen molar-refractivity contribution < 1.29 is 9.84 Å². The molecule has 2 aromatic carbocycles. The van der Waals surface area contributed by atoms with Crippen LogP contribution in [0.15, 0.2) is 41.4 Å². The number of anilines is 1. The molecule has 0 atom stereocenters. The molecule has 1 aliphatic rings. The van der Waals surface area contributed by atoms with Gasteiger partial charge in [0.2, 0.25) is 0 Å². The Bertz CT molecular complexity index is 688. The number of morpholine rings is 1. The fraction of sp³-hybridized carbons (Fsp3) is 0.235. The summed E-state index contributed by atoms with van der Waals surface area (Å²) in [7, 11) is 0. The second kappa shape index (κ2) is 7.80. The quantitative estimate of drug-likeness (QED) is 0.475. The van der Waals surface area contributed by atoms with E-state index < -0.39 is 0 Å². The van der Waals surface area contributed by atoms with E-state index in [-0.39, 0.29) is 0 Å². The summed E-state index contributed by atoms with van der Waals surface area (Å²) in [6.45, 7) is 3.45. The molecule has 0 unspecified atom stereocenters. The van der Waals surface area contributed by atoms with Crippen molar-refractivity contribution in [3.05, 3.63) is 49.1 Å². The zero-order chi connectivity index (χ0) is 16.2. The maximum Gasteiger partial charge on any atom is 0.142 e. The highest BCUT2D eigenvalue weighted by atomic mass is 127. The molecule has 0 spiro atoms.